The molecule has 0 unspecified atom stereocenters. The Kier molecular flexibility index (Phi) is 4.01. The number of aromatic nitrogens is 1. The van der Waals surface area contributed by atoms with Gasteiger partial charge in [-0.25, -0.2) is 4.39 Å². The Balaban J connectivity index is 2.30. The van der Waals surface area contributed by atoms with Gasteiger partial charge in [-0.05, 0) is 11.6 Å². The van der Waals surface area contributed by atoms with E-state index in [-0.39, 0.29) is 13.0 Å². The summed E-state index contributed by atoms with van der Waals surface area (Å²) in [7, 11) is 0. The highest BCUT2D eigenvalue weighted by molar-refractivity contribution is 5.89. The quantitative estimate of drug-likeness (QED) is 0.738. The van der Waals surface area contributed by atoms with E-state index in [1.54, 1.807) is 18.3 Å². The number of fused-ring (bicyclic) bond motifs is 1. The van der Waals surface area contributed by atoms with Crippen molar-refractivity contribution in [2.45, 2.75) is 12.5 Å². The van der Waals surface area contributed by atoms with Crippen LogP contribution in [0.3, 0.4) is 0 Å². The standard InChI is InChI=1S/C13H15FN2O3/c14-4-5-19-11-3-1-2-9-8(7-16-12(9)11)6-10(15)13(17)18/h1-3,7,10,16H,4-6,15H2,(H,17,18)/t10-/m0/s1/i14-1. The molecule has 0 bridgehead atoms. The largest absolute Gasteiger partial charge is 0.489 e. The molecule has 1 heterocycles. The topological polar surface area (TPSA) is 88.3 Å². The summed E-state index contributed by atoms with van der Waals surface area (Å²) >= 11 is 0. The lowest BCUT2D eigenvalue weighted by Gasteiger charge is -2.07. The van der Waals surface area contributed by atoms with Crippen LogP contribution in [0, 0.1) is 0 Å². The number of nitrogens with two attached hydrogens (primary N) is 1. The van der Waals surface area contributed by atoms with Gasteiger partial charge in [-0.1, -0.05) is 12.1 Å². The van der Waals surface area contributed by atoms with Gasteiger partial charge in [0.2, 0.25) is 0 Å². The SMILES string of the molecule is N[C@@H](Cc1c[nH]c2c(OCC[18F])cccc12)C(=O)O. The van der Waals surface area contributed by atoms with E-state index in [9.17, 15) is 9.18 Å². The maximum atomic E-state index is 12.1. The second-order valence-corrected chi connectivity index (χ2v) is 4.18. The number of nitrogens with one attached hydrogen (secondary N) is 1. The van der Waals surface area contributed by atoms with Crippen molar-refractivity contribution in [2.75, 3.05) is 13.3 Å². The third-order valence-electron chi connectivity index (χ3n) is 2.85. The summed E-state index contributed by atoms with van der Waals surface area (Å²) in [5.74, 6) is -0.496. The zero-order chi connectivity index (χ0) is 13.8. The summed E-state index contributed by atoms with van der Waals surface area (Å²) in [5.41, 5.74) is 7.05. The molecule has 0 aliphatic heterocycles. The fraction of sp³-hybridized carbons (Fsp3) is 0.308. The molecule has 1 aromatic carbocycles. The zero-order valence-electron chi connectivity index (χ0n) is 10.2. The van der Waals surface area contributed by atoms with Crippen LogP contribution in [0.1, 0.15) is 5.56 Å². The number of aliphatic carboxylic acids is 1. The van der Waals surface area contributed by atoms with Crippen LogP contribution in [0.4, 0.5) is 4.39 Å². The number of hydrogen-bond acceptors (Lipinski definition) is 3. The summed E-state index contributed by atoms with van der Waals surface area (Å²) in [6.45, 7) is -0.573. The average molecular weight is 265 g/mol. The summed E-state index contributed by atoms with van der Waals surface area (Å²) in [5, 5.41) is 9.66. The number of alkyl halides is 1. The van der Waals surface area contributed by atoms with Gasteiger partial charge in [0.1, 0.15) is 25.1 Å². The summed E-state index contributed by atoms with van der Waals surface area (Å²) < 4.78 is 17.4. The molecule has 0 saturated heterocycles. The highest BCUT2D eigenvalue weighted by atomic mass is 18.2. The number of carbonyl (C=O) groups is 1. The highest BCUT2D eigenvalue weighted by Gasteiger charge is 2.16. The normalized spacial score (nSPS) is 12.5. The van der Waals surface area contributed by atoms with Crippen LogP contribution in [0.5, 0.6) is 5.75 Å². The van der Waals surface area contributed by atoms with Crippen LogP contribution in [0.25, 0.3) is 10.9 Å². The van der Waals surface area contributed by atoms with E-state index in [2.05, 4.69) is 4.98 Å². The van der Waals surface area contributed by atoms with E-state index in [4.69, 9.17) is 15.6 Å². The maximum absolute atomic E-state index is 12.1. The molecular formula is C13H15FN2O3. The van der Waals surface area contributed by atoms with Gasteiger partial charge in [0.05, 0.1) is 5.52 Å². The van der Waals surface area contributed by atoms with Crippen LogP contribution < -0.4 is 10.5 Å². The Morgan fingerprint density at radius 3 is 3.00 bits per heavy atom. The van der Waals surface area contributed by atoms with Gasteiger partial charge >= 0.3 is 5.97 Å². The lowest BCUT2D eigenvalue weighted by atomic mass is 10.1. The van der Waals surface area contributed by atoms with E-state index in [1.165, 1.54) is 0 Å². The molecular weight excluding hydrogens is 250 g/mol. The van der Waals surface area contributed by atoms with E-state index in [1.807, 2.05) is 6.07 Å². The van der Waals surface area contributed by atoms with E-state index < -0.39 is 18.7 Å². The molecule has 2 aromatic rings. The number of aromatic amines is 1. The average Bonchev–Trinajstić information content (AvgIpc) is 2.80. The monoisotopic (exact) mass is 265 g/mol. The van der Waals surface area contributed by atoms with Crippen LogP contribution in [0.15, 0.2) is 24.4 Å². The van der Waals surface area contributed by atoms with E-state index in [0.717, 1.165) is 16.5 Å². The molecule has 0 saturated carbocycles. The van der Waals surface area contributed by atoms with Crippen LogP contribution in [-0.2, 0) is 11.2 Å². The minimum absolute atomic E-state index is 0.0118. The van der Waals surface area contributed by atoms with Gasteiger partial charge < -0.3 is 20.6 Å². The molecule has 4 N–H and O–H groups in total. The van der Waals surface area contributed by atoms with Gasteiger partial charge in [0.25, 0.3) is 0 Å². The molecule has 102 valence electrons. The van der Waals surface area contributed by atoms with Gasteiger partial charge in [-0.15, -0.1) is 0 Å². The fourth-order valence-corrected chi connectivity index (χ4v) is 1.95. The lowest BCUT2D eigenvalue weighted by Crippen LogP contribution is -2.32. The molecule has 19 heavy (non-hydrogen) atoms. The first kappa shape index (κ1) is 13.4. The van der Waals surface area contributed by atoms with Gasteiger partial charge in [0, 0.05) is 18.0 Å². The third kappa shape index (κ3) is 2.85. The highest BCUT2D eigenvalue weighted by Crippen LogP contribution is 2.27. The van der Waals surface area contributed by atoms with Crippen molar-refractivity contribution in [3.05, 3.63) is 30.0 Å². The molecule has 1 atom stereocenters. The second kappa shape index (κ2) is 5.71. The molecule has 0 amide bonds. The number of para-hydroxylation sites is 1. The van der Waals surface area contributed by atoms with Crippen LogP contribution >= 0.6 is 0 Å². The van der Waals surface area contributed by atoms with E-state index in [0.29, 0.717) is 5.75 Å². The van der Waals surface area contributed by atoms with E-state index >= 15 is 0 Å². The molecule has 2 rings (SSSR count). The van der Waals surface area contributed by atoms with Crippen molar-refractivity contribution < 1.29 is 19.0 Å². The Bertz CT molecular complexity index is 582. The first-order valence-corrected chi connectivity index (χ1v) is 5.89. The zero-order valence-corrected chi connectivity index (χ0v) is 10.2. The lowest BCUT2D eigenvalue weighted by molar-refractivity contribution is -0.138. The summed E-state index contributed by atoms with van der Waals surface area (Å²) in [4.78, 5) is 13.8. The minimum Gasteiger partial charge on any atom is -0.489 e. The van der Waals surface area contributed by atoms with Gasteiger partial charge in [-0.2, -0.15) is 0 Å². The second-order valence-electron chi connectivity index (χ2n) is 4.18. The molecule has 0 radical (unpaired) electrons. The predicted octanol–water partition coefficient (Wildman–Crippen LogP) is 1.47. The third-order valence-corrected chi connectivity index (χ3v) is 2.85. The molecule has 6 heteroatoms. The fourth-order valence-electron chi connectivity index (χ4n) is 1.95. The summed E-state index contributed by atoms with van der Waals surface area (Å²) in [6.07, 6.45) is 1.93. The number of rotatable bonds is 6. The number of H-pyrrole nitrogens is 1. The predicted molar refractivity (Wildman–Crippen MR) is 69.1 cm³/mol. The number of ether oxygens (including phenoxy) is 1. The number of carboxylic acid groups (broad SMARTS) is 1. The Hall–Kier alpha value is -2.08. The minimum atomic E-state index is -1.04. The first-order valence-electron chi connectivity index (χ1n) is 5.89. The van der Waals surface area contributed by atoms with Crippen molar-refractivity contribution >= 4 is 16.9 Å². The number of benzene rings is 1. The summed E-state index contributed by atoms with van der Waals surface area (Å²) in [6, 6.07) is 4.40. The molecule has 0 aliphatic carbocycles. The molecule has 0 spiro atoms. The van der Waals surface area contributed by atoms with Gasteiger partial charge in [-0.3, -0.25) is 4.79 Å². The molecule has 0 aliphatic rings. The number of carboxylic acids is 1. The Morgan fingerprint density at radius 2 is 2.32 bits per heavy atom. The molecule has 0 fully saturated rings. The molecule has 1 aromatic heterocycles. The Morgan fingerprint density at radius 1 is 1.53 bits per heavy atom. The van der Waals surface area contributed by atoms with Crippen LogP contribution in [-0.4, -0.2) is 35.4 Å². The molecule has 5 nitrogen and oxygen atoms in total. The van der Waals surface area contributed by atoms with Crippen molar-refractivity contribution in [3.63, 3.8) is 0 Å². The van der Waals surface area contributed by atoms with Crippen LogP contribution in [0.2, 0.25) is 0 Å². The van der Waals surface area contributed by atoms with Crippen molar-refractivity contribution in [3.8, 4) is 5.75 Å². The first-order chi connectivity index (χ1) is 9.13. The number of halogens is 1. The maximum Gasteiger partial charge on any atom is 0.320 e. The Labute approximate surface area is 109 Å². The smallest absolute Gasteiger partial charge is 0.320 e. The van der Waals surface area contributed by atoms with Crippen molar-refractivity contribution in [1.29, 1.82) is 0 Å². The number of hydrogen-bond donors (Lipinski definition) is 3. The van der Waals surface area contributed by atoms with Gasteiger partial charge in [0.15, 0.2) is 0 Å². The van der Waals surface area contributed by atoms with Crippen molar-refractivity contribution in [2.24, 2.45) is 5.73 Å². The van der Waals surface area contributed by atoms with Crippen molar-refractivity contribution in [1.82, 2.24) is 4.98 Å².